The standard InChI is InChI=1S/C21H20O5/c1-3-11-24-21(23)14(2)25-16-9-10-17-18(15-7-5-4-6-8-15)13-20(22)26-19(17)12-16/h4-10,12-14H,3,11H2,1-2H3/t14-/m1/s1. The van der Waals surface area contributed by atoms with Crippen LogP contribution in [0.1, 0.15) is 20.3 Å². The van der Waals surface area contributed by atoms with Crippen LogP contribution in [0.2, 0.25) is 0 Å². The zero-order valence-electron chi connectivity index (χ0n) is 14.7. The van der Waals surface area contributed by atoms with Crippen molar-refractivity contribution >= 4 is 16.9 Å². The summed E-state index contributed by atoms with van der Waals surface area (Å²) in [4.78, 5) is 23.8. The molecule has 0 radical (unpaired) electrons. The second-order valence-corrected chi connectivity index (χ2v) is 5.93. The fraction of sp³-hybridized carbons (Fsp3) is 0.238. The molecule has 0 amide bonds. The lowest BCUT2D eigenvalue weighted by molar-refractivity contribution is -0.151. The predicted octanol–water partition coefficient (Wildman–Crippen LogP) is 4.18. The van der Waals surface area contributed by atoms with Crippen LogP contribution >= 0.6 is 0 Å². The van der Waals surface area contributed by atoms with Crippen molar-refractivity contribution in [3.8, 4) is 16.9 Å². The minimum absolute atomic E-state index is 0.361. The van der Waals surface area contributed by atoms with E-state index in [1.54, 1.807) is 19.1 Å². The molecule has 0 fully saturated rings. The Hall–Kier alpha value is -3.08. The van der Waals surface area contributed by atoms with Gasteiger partial charge in [0, 0.05) is 17.5 Å². The summed E-state index contributed by atoms with van der Waals surface area (Å²) in [5.74, 6) is 0.0123. The molecule has 5 nitrogen and oxygen atoms in total. The van der Waals surface area contributed by atoms with Crippen LogP contribution in [-0.4, -0.2) is 18.7 Å². The Kier molecular flexibility index (Phi) is 5.37. The summed E-state index contributed by atoms with van der Waals surface area (Å²) in [6, 6.07) is 16.3. The van der Waals surface area contributed by atoms with Crippen LogP contribution in [-0.2, 0) is 9.53 Å². The zero-order valence-corrected chi connectivity index (χ0v) is 14.7. The largest absolute Gasteiger partial charge is 0.479 e. The summed E-state index contributed by atoms with van der Waals surface area (Å²) in [5.41, 5.74) is 1.68. The Balaban J connectivity index is 1.92. The van der Waals surface area contributed by atoms with E-state index in [1.165, 1.54) is 6.07 Å². The molecule has 0 saturated heterocycles. The molecule has 3 rings (SSSR count). The second kappa shape index (κ2) is 7.87. The first-order valence-corrected chi connectivity index (χ1v) is 8.55. The highest BCUT2D eigenvalue weighted by molar-refractivity contribution is 5.93. The maximum atomic E-state index is 12.0. The van der Waals surface area contributed by atoms with Gasteiger partial charge in [-0.05, 0) is 36.6 Å². The van der Waals surface area contributed by atoms with Crippen LogP contribution in [0.25, 0.3) is 22.1 Å². The van der Waals surface area contributed by atoms with Crippen molar-refractivity contribution < 1.29 is 18.7 Å². The number of benzene rings is 2. The van der Waals surface area contributed by atoms with E-state index in [0.29, 0.717) is 17.9 Å². The molecule has 1 heterocycles. The molecule has 0 N–H and O–H groups in total. The molecule has 0 spiro atoms. The Morgan fingerprint density at radius 1 is 1.12 bits per heavy atom. The number of ether oxygens (including phenoxy) is 2. The fourth-order valence-corrected chi connectivity index (χ4v) is 2.65. The molecule has 0 saturated carbocycles. The lowest BCUT2D eigenvalue weighted by atomic mass is 10.0. The van der Waals surface area contributed by atoms with Gasteiger partial charge in [0.2, 0.25) is 0 Å². The fourth-order valence-electron chi connectivity index (χ4n) is 2.65. The van der Waals surface area contributed by atoms with E-state index in [-0.39, 0.29) is 0 Å². The Labute approximate surface area is 151 Å². The van der Waals surface area contributed by atoms with E-state index >= 15 is 0 Å². The third-order valence-electron chi connectivity index (χ3n) is 3.89. The van der Waals surface area contributed by atoms with E-state index in [9.17, 15) is 9.59 Å². The molecular formula is C21H20O5. The first-order chi connectivity index (χ1) is 12.6. The lowest BCUT2D eigenvalue weighted by Gasteiger charge is -2.14. The first kappa shape index (κ1) is 17.7. The average Bonchev–Trinajstić information content (AvgIpc) is 2.65. The summed E-state index contributed by atoms with van der Waals surface area (Å²) in [6.07, 6.45) is 0.00464. The summed E-state index contributed by atoms with van der Waals surface area (Å²) in [7, 11) is 0. The topological polar surface area (TPSA) is 65.7 Å². The van der Waals surface area contributed by atoms with E-state index in [1.807, 2.05) is 43.3 Å². The third kappa shape index (κ3) is 3.94. The normalized spacial score (nSPS) is 11.9. The van der Waals surface area contributed by atoms with Gasteiger partial charge in [-0.2, -0.15) is 0 Å². The van der Waals surface area contributed by atoms with Crippen molar-refractivity contribution in [3.63, 3.8) is 0 Å². The van der Waals surface area contributed by atoms with Crippen LogP contribution in [0.3, 0.4) is 0 Å². The molecule has 0 aliphatic carbocycles. The molecule has 1 aromatic heterocycles. The minimum atomic E-state index is -0.747. The summed E-state index contributed by atoms with van der Waals surface area (Å²) in [6.45, 7) is 3.91. The predicted molar refractivity (Wildman–Crippen MR) is 99.3 cm³/mol. The maximum Gasteiger partial charge on any atom is 0.347 e. The van der Waals surface area contributed by atoms with Crippen molar-refractivity contribution in [3.05, 3.63) is 65.0 Å². The Morgan fingerprint density at radius 3 is 2.62 bits per heavy atom. The molecular weight excluding hydrogens is 332 g/mol. The van der Waals surface area contributed by atoms with Crippen LogP contribution in [0.5, 0.6) is 5.75 Å². The van der Waals surface area contributed by atoms with Gasteiger partial charge in [-0.25, -0.2) is 9.59 Å². The second-order valence-electron chi connectivity index (χ2n) is 5.93. The average molecular weight is 352 g/mol. The van der Waals surface area contributed by atoms with E-state index in [2.05, 4.69) is 0 Å². The molecule has 0 aliphatic heterocycles. The molecule has 0 aliphatic rings. The van der Waals surface area contributed by atoms with E-state index in [4.69, 9.17) is 13.9 Å². The molecule has 1 atom stereocenters. The highest BCUT2D eigenvalue weighted by Crippen LogP contribution is 2.29. The highest BCUT2D eigenvalue weighted by atomic mass is 16.6. The van der Waals surface area contributed by atoms with Gasteiger partial charge in [0.05, 0.1) is 6.61 Å². The minimum Gasteiger partial charge on any atom is -0.479 e. The highest BCUT2D eigenvalue weighted by Gasteiger charge is 2.17. The van der Waals surface area contributed by atoms with Gasteiger partial charge < -0.3 is 13.9 Å². The summed E-state index contributed by atoms with van der Waals surface area (Å²) >= 11 is 0. The van der Waals surface area contributed by atoms with Crippen molar-refractivity contribution in [2.45, 2.75) is 26.4 Å². The van der Waals surface area contributed by atoms with Crippen molar-refractivity contribution in [2.24, 2.45) is 0 Å². The molecule has 2 aromatic carbocycles. The number of hydrogen-bond donors (Lipinski definition) is 0. The van der Waals surface area contributed by atoms with E-state index in [0.717, 1.165) is 22.9 Å². The third-order valence-corrected chi connectivity index (χ3v) is 3.89. The number of carbonyl (C=O) groups is 1. The van der Waals surface area contributed by atoms with Crippen molar-refractivity contribution in [2.75, 3.05) is 6.61 Å². The first-order valence-electron chi connectivity index (χ1n) is 8.55. The van der Waals surface area contributed by atoms with Gasteiger partial charge in [0.1, 0.15) is 11.3 Å². The lowest BCUT2D eigenvalue weighted by Crippen LogP contribution is -2.26. The maximum absolute atomic E-state index is 12.0. The van der Waals surface area contributed by atoms with Crippen molar-refractivity contribution in [1.82, 2.24) is 0 Å². The quantitative estimate of drug-likeness (QED) is 0.492. The molecule has 134 valence electrons. The Morgan fingerprint density at radius 2 is 1.88 bits per heavy atom. The van der Waals surface area contributed by atoms with Crippen LogP contribution in [0.4, 0.5) is 0 Å². The number of hydrogen-bond acceptors (Lipinski definition) is 5. The number of carbonyl (C=O) groups excluding carboxylic acids is 1. The summed E-state index contributed by atoms with van der Waals surface area (Å²) < 4.78 is 16.0. The monoisotopic (exact) mass is 352 g/mol. The Bertz CT molecular complexity index is 959. The molecule has 26 heavy (non-hydrogen) atoms. The van der Waals surface area contributed by atoms with Gasteiger partial charge in [0.15, 0.2) is 6.10 Å². The molecule has 0 bridgehead atoms. The van der Waals surface area contributed by atoms with Crippen LogP contribution in [0, 0.1) is 0 Å². The van der Waals surface area contributed by atoms with Crippen LogP contribution < -0.4 is 10.4 Å². The van der Waals surface area contributed by atoms with Gasteiger partial charge in [-0.3, -0.25) is 0 Å². The SMILES string of the molecule is CCCOC(=O)[C@@H](C)Oc1ccc2c(-c3ccccc3)cc(=O)oc2c1. The van der Waals surface area contributed by atoms with Gasteiger partial charge in [-0.1, -0.05) is 37.3 Å². The zero-order chi connectivity index (χ0) is 18.5. The van der Waals surface area contributed by atoms with E-state index < -0.39 is 17.7 Å². The smallest absolute Gasteiger partial charge is 0.347 e. The number of fused-ring (bicyclic) bond motifs is 1. The molecule has 3 aromatic rings. The molecule has 5 heteroatoms. The molecule has 0 unspecified atom stereocenters. The van der Waals surface area contributed by atoms with Gasteiger partial charge in [-0.15, -0.1) is 0 Å². The number of esters is 1. The number of rotatable bonds is 6. The van der Waals surface area contributed by atoms with Crippen molar-refractivity contribution in [1.29, 1.82) is 0 Å². The van der Waals surface area contributed by atoms with Gasteiger partial charge >= 0.3 is 11.6 Å². The summed E-state index contributed by atoms with van der Waals surface area (Å²) in [5, 5.41) is 0.796. The van der Waals surface area contributed by atoms with Crippen LogP contribution in [0.15, 0.2) is 63.8 Å². The van der Waals surface area contributed by atoms with Gasteiger partial charge in [0.25, 0.3) is 0 Å².